The summed E-state index contributed by atoms with van der Waals surface area (Å²) < 4.78 is 4.69. The van der Waals surface area contributed by atoms with Gasteiger partial charge in [0.1, 0.15) is 5.00 Å². The van der Waals surface area contributed by atoms with Crippen LogP contribution in [0.3, 0.4) is 0 Å². The van der Waals surface area contributed by atoms with Crippen LogP contribution in [0.2, 0.25) is 0 Å². The Morgan fingerprint density at radius 2 is 2.33 bits per heavy atom. The number of nitrogens with one attached hydrogen (secondary N) is 1. The van der Waals surface area contributed by atoms with Gasteiger partial charge in [-0.05, 0) is 17.9 Å². The molecule has 0 aliphatic carbocycles. The lowest BCUT2D eigenvalue weighted by atomic mass is 10.2. The molecule has 15 heavy (non-hydrogen) atoms. The topological polar surface area (TPSA) is 38.3 Å². The molecule has 0 fully saturated rings. The summed E-state index contributed by atoms with van der Waals surface area (Å²) in [6.45, 7) is 3.09. The van der Waals surface area contributed by atoms with Crippen molar-refractivity contribution in [3.8, 4) is 0 Å². The predicted octanol–water partition coefficient (Wildman–Crippen LogP) is 3.14. The minimum absolute atomic E-state index is 0.269. The van der Waals surface area contributed by atoms with Crippen molar-refractivity contribution in [2.24, 2.45) is 0 Å². The standard InChI is InChI=1S/C11H17NO2S/c1-3-4-5-7-12-10-9(6-8-15-10)11(13)14-2/h6,8,12H,3-5,7H2,1-2H3. The zero-order valence-electron chi connectivity index (χ0n) is 9.21. The molecular formula is C11H17NO2S. The molecule has 0 atom stereocenters. The van der Waals surface area contributed by atoms with Crippen LogP contribution in [0.5, 0.6) is 0 Å². The van der Waals surface area contributed by atoms with E-state index in [-0.39, 0.29) is 5.97 Å². The van der Waals surface area contributed by atoms with Crippen LogP contribution in [0, 0.1) is 0 Å². The molecule has 0 aliphatic heterocycles. The Morgan fingerprint density at radius 1 is 1.53 bits per heavy atom. The quantitative estimate of drug-likeness (QED) is 0.599. The molecule has 0 spiro atoms. The second-order valence-electron chi connectivity index (χ2n) is 3.29. The summed E-state index contributed by atoms with van der Waals surface area (Å²) in [5.41, 5.74) is 0.638. The fourth-order valence-corrected chi connectivity index (χ4v) is 2.10. The van der Waals surface area contributed by atoms with Gasteiger partial charge in [-0.25, -0.2) is 4.79 Å². The van der Waals surface area contributed by atoms with Gasteiger partial charge in [0.25, 0.3) is 0 Å². The van der Waals surface area contributed by atoms with Crippen LogP contribution in [-0.4, -0.2) is 19.6 Å². The first-order valence-electron chi connectivity index (χ1n) is 5.19. The first kappa shape index (κ1) is 12.0. The van der Waals surface area contributed by atoms with Gasteiger partial charge >= 0.3 is 5.97 Å². The molecule has 0 amide bonds. The van der Waals surface area contributed by atoms with Gasteiger partial charge in [-0.2, -0.15) is 0 Å². The van der Waals surface area contributed by atoms with Gasteiger partial charge in [-0.1, -0.05) is 19.8 Å². The Kier molecular flexibility index (Phi) is 5.18. The molecule has 1 aromatic rings. The first-order chi connectivity index (χ1) is 7.29. The number of esters is 1. The molecule has 0 saturated heterocycles. The third kappa shape index (κ3) is 3.55. The van der Waals surface area contributed by atoms with Crippen LogP contribution in [0.1, 0.15) is 36.5 Å². The van der Waals surface area contributed by atoms with E-state index >= 15 is 0 Å². The summed E-state index contributed by atoms with van der Waals surface area (Å²) >= 11 is 1.54. The van der Waals surface area contributed by atoms with Crippen molar-refractivity contribution in [2.45, 2.75) is 26.2 Å². The molecule has 0 radical (unpaired) electrons. The van der Waals surface area contributed by atoms with Crippen molar-refractivity contribution >= 4 is 22.3 Å². The van der Waals surface area contributed by atoms with Gasteiger partial charge in [0.05, 0.1) is 12.7 Å². The van der Waals surface area contributed by atoms with E-state index in [0.717, 1.165) is 18.0 Å². The maximum atomic E-state index is 11.3. The Balaban J connectivity index is 2.46. The highest BCUT2D eigenvalue weighted by Crippen LogP contribution is 2.23. The molecule has 0 saturated carbocycles. The van der Waals surface area contributed by atoms with Crippen LogP contribution in [0.25, 0.3) is 0 Å². The molecule has 0 aliphatic rings. The highest BCUT2D eigenvalue weighted by Gasteiger charge is 2.12. The second kappa shape index (κ2) is 6.45. The second-order valence-corrected chi connectivity index (χ2v) is 4.20. The number of carbonyl (C=O) groups excluding carboxylic acids is 1. The van der Waals surface area contributed by atoms with Crippen LogP contribution in [0.4, 0.5) is 5.00 Å². The number of methoxy groups -OCH3 is 1. The third-order valence-electron chi connectivity index (χ3n) is 2.14. The largest absolute Gasteiger partial charge is 0.465 e. The van der Waals surface area contributed by atoms with Gasteiger partial charge in [0, 0.05) is 6.54 Å². The molecule has 1 aromatic heterocycles. The number of ether oxygens (including phenoxy) is 1. The van der Waals surface area contributed by atoms with E-state index in [4.69, 9.17) is 4.74 Å². The summed E-state index contributed by atoms with van der Waals surface area (Å²) in [5.74, 6) is -0.269. The summed E-state index contributed by atoms with van der Waals surface area (Å²) in [7, 11) is 1.40. The van der Waals surface area contributed by atoms with Crippen LogP contribution >= 0.6 is 11.3 Å². The smallest absolute Gasteiger partial charge is 0.340 e. The Morgan fingerprint density at radius 3 is 3.00 bits per heavy atom. The average molecular weight is 227 g/mol. The Labute approximate surface area is 94.5 Å². The van der Waals surface area contributed by atoms with Crippen molar-refractivity contribution in [3.63, 3.8) is 0 Å². The molecule has 0 aromatic carbocycles. The van der Waals surface area contributed by atoms with Crippen LogP contribution in [0.15, 0.2) is 11.4 Å². The molecule has 0 unspecified atom stereocenters. The number of unbranched alkanes of at least 4 members (excludes halogenated alkanes) is 2. The fourth-order valence-electron chi connectivity index (χ4n) is 1.29. The molecule has 3 nitrogen and oxygen atoms in total. The average Bonchev–Trinajstić information content (AvgIpc) is 2.71. The van der Waals surface area contributed by atoms with Gasteiger partial charge < -0.3 is 10.1 Å². The minimum Gasteiger partial charge on any atom is -0.465 e. The Hall–Kier alpha value is -1.03. The van der Waals surface area contributed by atoms with E-state index in [2.05, 4.69) is 12.2 Å². The number of anilines is 1. The van der Waals surface area contributed by atoms with Gasteiger partial charge in [-0.15, -0.1) is 11.3 Å². The normalized spacial score (nSPS) is 10.0. The van der Waals surface area contributed by atoms with E-state index in [1.54, 1.807) is 6.07 Å². The van der Waals surface area contributed by atoms with Crippen LogP contribution < -0.4 is 5.32 Å². The van der Waals surface area contributed by atoms with Gasteiger partial charge in [-0.3, -0.25) is 0 Å². The molecule has 0 bridgehead atoms. The Bertz CT molecular complexity index is 309. The van der Waals surface area contributed by atoms with E-state index in [0.29, 0.717) is 5.56 Å². The summed E-state index contributed by atoms with van der Waals surface area (Å²) in [5, 5.41) is 6.07. The van der Waals surface area contributed by atoms with Crippen molar-refractivity contribution in [3.05, 3.63) is 17.0 Å². The zero-order chi connectivity index (χ0) is 11.1. The molecule has 1 heterocycles. The number of carbonyl (C=O) groups is 1. The van der Waals surface area contributed by atoms with E-state index in [1.165, 1.54) is 31.3 Å². The van der Waals surface area contributed by atoms with Gasteiger partial charge in [0.15, 0.2) is 0 Å². The predicted molar refractivity (Wildman–Crippen MR) is 63.7 cm³/mol. The van der Waals surface area contributed by atoms with Crippen molar-refractivity contribution in [1.29, 1.82) is 0 Å². The highest BCUT2D eigenvalue weighted by atomic mass is 32.1. The number of rotatable bonds is 6. The molecule has 1 rings (SSSR count). The van der Waals surface area contributed by atoms with Crippen molar-refractivity contribution in [2.75, 3.05) is 19.0 Å². The van der Waals surface area contributed by atoms with E-state index in [1.807, 2.05) is 5.38 Å². The number of thiophene rings is 1. The molecule has 84 valence electrons. The summed E-state index contributed by atoms with van der Waals surface area (Å²) in [6, 6.07) is 1.79. The molecular weight excluding hydrogens is 210 g/mol. The van der Waals surface area contributed by atoms with Crippen molar-refractivity contribution < 1.29 is 9.53 Å². The lowest BCUT2D eigenvalue weighted by Gasteiger charge is -2.05. The van der Waals surface area contributed by atoms with Crippen LogP contribution in [-0.2, 0) is 4.74 Å². The van der Waals surface area contributed by atoms with E-state index in [9.17, 15) is 4.79 Å². The lowest BCUT2D eigenvalue weighted by molar-refractivity contribution is 0.0602. The lowest BCUT2D eigenvalue weighted by Crippen LogP contribution is -2.06. The fraction of sp³-hybridized carbons (Fsp3) is 0.545. The van der Waals surface area contributed by atoms with E-state index < -0.39 is 0 Å². The highest BCUT2D eigenvalue weighted by molar-refractivity contribution is 7.14. The monoisotopic (exact) mass is 227 g/mol. The van der Waals surface area contributed by atoms with Gasteiger partial charge in [0.2, 0.25) is 0 Å². The molecule has 4 heteroatoms. The summed E-state index contributed by atoms with van der Waals surface area (Å²) in [6.07, 6.45) is 3.55. The maximum Gasteiger partial charge on any atom is 0.340 e. The number of hydrogen-bond donors (Lipinski definition) is 1. The first-order valence-corrected chi connectivity index (χ1v) is 6.07. The van der Waals surface area contributed by atoms with Crippen molar-refractivity contribution in [1.82, 2.24) is 0 Å². The number of hydrogen-bond acceptors (Lipinski definition) is 4. The third-order valence-corrected chi connectivity index (χ3v) is 3.01. The minimum atomic E-state index is -0.269. The maximum absolute atomic E-state index is 11.3. The SMILES string of the molecule is CCCCCNc1sccc1C(=O)OC. The molecule has 1 N–H and O–H groups in total. The zero-order valence-corrected chi connectivity index (χ0v) is 10.0. The summed E-state index contributed by atoms with van der Waals surface area (Å²) in [4.78, 5) is 11.3.